The summed E-state index contributed by atoms with van der Waals surface area (Å²) in [6, 6.07) is 4.51. The van der Waals surface area contributed by atoms with Crippen LogP contribution in [-0.2, 0) is 0 Å². The highest BCUT2D eigenvalue weighted by Crippen LogP contribution is 2.21. The van der Waals surface area contributed by atoms with E-state index in [9.17, 15) is 0 Å². The van der Waals surface area contributed by atoms with Crippen LogP contribution >= 0.6 is 11.3 Å². The van der Waals surface area contributed by atoms with Crippen molar-refractivity contribution in [3.8, 4) is 0 Å². The summed E-state index contributed by atoms with van der Waals surface area (Å²) < 4.78 is 5.49. The van der Waals surface area contributed by atoms with Gasteiger partial charge in [-0.05, 0) is 33.2 Å². The number of nitrogens with zero attached hydrogens (tertiary/aromatic N) is 2. The largest absolute Gasteiger partial charge is 0.468 e. The number of thiazole rings is 1. The van der Waals surface area contributed by atoms with Gasteiger partial charge in [0.1, 0.15) is 5.76 Å². The maximum Gasteiger partial charge on any atom is 0.122 e. The van der Waals surface area contributed by atoms with Crippen molar-refractivity contribution in [2.24, 2.45) is 0 Å². The lowest BCUT2D eigenvalue weighted by molar-refractivity contribution is 0.245. The molecule has 1 N–H and O–H groups in total. The first-order chi connectivity index (χ1) is 8.68. The monoisotopic (exact) mass is 265 g/mol. The molecule has 2 atom stereocenters. The van der Waals surface area contributed by atoms with Crippen LogP contribution in [0, 0.1) is 0 Å². The van der Waals surface area contributed by atoms with E-state index in [-0.39, 0.29) is 6.04 Å². The van der Waals surface area contributed by atoms with Gasteiger partial charge in [-0.15, -0.1) is 11.3 Å². The normalized spacial score (nSPS) is 14.9. The first-order valence-electron chi connectivity index (χ1n) is 6.00. The van der Waals surface area contributed by atoms with Crippen molar-refractivity contribution in [2.75, 3.05) is 20.6 Å². The van der Waals surface area contributed by atoms with Gasteiger partial charge in [0.25, 0.3) is 0 Å². The van der Waals surface area contributed by atoms with E-state index in [1.807, 2.05) is 23.8 Å². The molecule has 4 nitrogen and oxygen atoms in total. The Bertz CT molecular complexity index is 439. The summed E-state index contributed by atoms with van der Waals surface area (Å²) in [5, 5.41) is 3.52. The minimum Gasteiger partial charge on any atom is -0.468 e. The van der Waals surface area contributed by atoms with Gasteiger partial charge < -0.3 is 9.73 Å². The third-order valence-corrected chi connectivity index (χ3v) is 3.95. The van der Waals surface area contributed by atoms with Crippen LogP contribution in [0.25, 0.3) is 0 Å². The second kappa shape index (κ2) is 6.13. The lowest BCUT2D eigenvalue weighted by Crippen LogP contribution is -2.32. The van der Waals surface area contributed by atoms with Crippen LogP contribution < -0.4 is 5.32 Å². The second-order valence-electron chi connectivity index (χ2n) is 4.53. The van der Waals surface area contributed by atoms with E-state index < -0.39 is 0 Å². The molecule has 0 spiro atoms. The summed E-state index contributed by atoms with van der Waals surface area (Å²) in [4.78, 5) is 7.52. The average Bonchev–Trinajstić information content (AvgIpc) is 3.01. The summed E-state index contributed by atoms with van der Waals surface area (Å²) in [7, 11) is 4.12. The third kappa shape index (κ3) is 3.19. The van der Waals surface area contributed by atoms with Crippen LogP contribution in [0.15, 0.2) is 34.5 Å². The highest BCUT2D eigenvalue weighted by molar-refractivity contribution is 7.09. The lowest BCUT2D eigenvalue weighted by Gasteiger charge is -2.24. The molecule has 2 unspecified atom stereocenters. The number of rotatable bonds is 6. The summed E-state index contributed by atoms with van der Waals surface area (Å²) in [5.41, 5.74) is 1.86. The lowest BCUT2D eigenvalue weighted by atomic mass is 10.2. The molecule has 0 fully saturated rings. The summed E-state index contributed by atoms with van der Waals surface area (Å²) >= 11 is 1.68. The number of hydrogen-bond donors (Lipinski definition) is 1. The van der Waals surface area contributed by atoms with Crippen LogP contribution in [0.5, 0.6) is 0 Å². The van der Waals surface area contributed by atoms with Gasteiger partial charge in [-0.25, -0.2) is 0 Å². The first-order valence-corrected chi connectivity index (χ1v) is 6.88. The number of likely N-dealkylation sites (N-methyl/N-ethyl adjacent to an activating group) is 1. The first kappa shape index (κ1) is 13.3. The van der Waals surface area contributed by atoms with Gasteiger partial charge in [-0.2, -0.15) is 0 Å². The van der Waals surface area contributed by atoms with Gasteiger partial charge in [-0.3, -0.25) is 9.88 Å². The van der Waals surface area contributed by atoms with E-state index >= 15 is 0 Å². The van der Waals surface area contributed by atoms with Gasteiger partial charge in [0.15, 0.2) is 0 Å². The van der Waals surface area contributed by atoms with Crippen molar-refractivity contribution in [3.05, 3.63) is 40.7 Å². The molecular formula is C13H19N3OS. The Morgan fingerprint density at radius 1 is 1.50 bits per heavy atom. The fraction of sp³-hybridized carbons (Fsp3) is 0.462. The molecule has 2 aromatic rings. The molecule has 0 amide bonds. The van der Waals surface area contributed by atoms with E-state index in [0.717, 1.165) is 12.3 Å². The molecule has 2 aromatic heterocycles. The van der Waals surface area contributed by atoms with Crippen molar-refractivity contribution in [2.45, 2.75) is 19.0 Å². The SMILES string of the molecule is CC(NCC(c1ccco1)N(C)C)c1cncs1. The Labute approximate surface area is 112 Å². The van der Waals surface area contributed by atoms with Crippen molar-refractivity contribution in [1.82, 2.24) is 15.2 Å². The van der Waals surface area contributed by atoms with Crippen LogP contribution in [0.2, 0.25) is 0 Å². The standard InChI is InChI=1S/C13H19N3OS/c1-10(13-8-14-9-18-13)15-7-11(16(2)3)12-5-4-6-17-12/h4-6,8-11,15H,7H2,1-3H3. The maximum absolute atomic E-state index is 5.49. The van der Waals surface area contributed by atoms with Crippen molar-refractivity contribution < 1.29 is 4.42 Å². The molecule has 0 saturated heterocycles. The number of nitrogens with one attached hydrogen (secondary N) is 1. The molecule has 0 saturated carbocycles. The Morgan fingerprint density at radius 2 is 2.33 bits per heavy atom. The topological polar surface area (TPSA) is 41.3 Å². The number of furan rings is 1. The fourth-order valence-electron chi connectivity index (χ4n) is 1.85. The molecule has 18 heavy (non-hydrogen) atoms. The van der Waals surface area contributed by atoms with Crippen molar-refractivity contribution in [3.63, 3.8) is 0 Å². The van der Waals surface area contributed by atoms with Crippen molar-refractivity contribution in [1.29, 1.82) is 0 Å². The molecule has 2 rings (SSSR count). The van der Waals surface area contributed by atoms with E-state index in [0.29, 0.717) is 6.04 Å². The molecule has 0 aromatic carbocycles. The van der Waals surface area contributed by atoms with Crippen LogP contribution in [0.3, 0.4) is 0 Å². The number of hydrogen-bond acceptors (Lipinski definition) is 5. The van der Waals surface area contributed by atoms with E-state index in [1.165, 1.54) is 4.88 Å². The zero-order chi connectivity index (χ0) is 13.0. The van der Waals surface area contributed by atoms with Gasteiger partial charge in [-0.1, -0.05) is 0 Å². The quantitative estimate of drug-likeness (QED) is 0.872. The van der Waals surface area contributed by atoms with E-state index in [2.05, 4.69) is 36.2 Å². The zero-order valence-electron chi connectivity index (χ0n) is 11.0. The Hall–Kier alpha value is -1.17. The van der Waals surface area contributed by atoms with Crippen LogP contribution in [0.4, 0.5) is 0 Å². The van der Waals surface area contributed by atoms with E-state index in [1.54, 1.807) is 17.6 Å². The predicted octanol–water partition coefficient (Wildman–Crippen LogP) is 2.69. The zero-order valence-corrected chi connectivity index (χ0v) is 11.8. The van der Waals surface area contributed by atoms with Crippen LogP contribution in [0.1, 0.15) is 29.6 Å². The minimum absolute atomic E-state index is 0.246. The second-order valence-corrected chi connectivity index (χ2v) is 5.45. The molecular weight excluding hydrogens is 246 g/mol. The summed E-state index contributed by atoms with van der Waals surface area (Å²) in [5.74, 6) is 0.990. The molecule has 2 heterocycles. The third-order valence-electron chi connectivity index (χ3n) is 2.99. The van der Waals surface area contributed by atoms with Gasteiger partial charge >= 0.3 is 0 Å². The van der Waals surface area contributed by atoms with Crippen molar-refractivity contribution >= 4 is 11.3 Å². The Balaban J connectivity index is 1.94. The molecule has 0 aliphatic carbocycles. The predicted molar refractivity (Wildman–Crippen MR) is 73.7 cm³/mol. The molecule has 0 aliphatic heterocycles. The molecule has 5 heteroatoms. The highest BCUT2D eigenvalue weighted by Gasteiger charge is 2.18. The molecule has 0 aliphatic rings. The van der Waals surface area contributed by atoms with E-state index in [4.69, 9.17) is 4.42 Å². The molecule has 0 radical (unpaired) electrons. The smallest absolute Gasteiger partial charge is 0.122 e. The van der Waals surface area contributed by atoms with Gasteiger partial charge in [0.05, 0.1) is 17.8 Å². The minimum atomic E-state index is 0.246. The Morgan fingerprint density at radius 3 is 2.89 bits per heavy atom. The van der Waals surface area contributed by atoms with Crippen LogP contribution in [-0.4, -0.2) is 30.5 Å². The molecule has 98 valence electrons. The fourth-order valence-corrected chi connectivity index (χ4v) is 2.50. The van der Waals surface area contributed by atoms with Gasteiger partial charge in [0.2, 0.25) is 0 Å². The van der Waals surface area contributed by atoms with Gasteiger partial charge in [0, 0.05) is 23.7 Å². The average molecular weight is 265 g/mol. The Kier molecular flexibility index (Phi) is 4.52. The highest BCUT2D eigenvalue weighted by atomic mass is 32.1. The summed E-state index contributed by atoms with van der Waals surface area (Å²) in [6.45, 7) is 3.00. The molecule has 0 bridgehead atoms. The number of aromatic nitrogens is 1. The summed E-state index contributed by atoms with van der Waals surface area (Å²) in [6.07, 6.45) is 3.64. The maximum atomic E-state index is 5.49.